The van der Waals surface area contributed by atoms with Crippen LogP contribution in [-0.2, 0) is 0 Å². The molecule has 0 fully saturated rings. The van der Waals surface area contributed by atoms with Gasteiger partial charge in [0.1, 0.15) is 0 Å². The first-order valence-electron chi connectivity index (χ1n) is 11.1. The molecule has 1 aromatic heterocycles. The summed E-state index contributed by atoms with van der Waals surface area (Å²) in [5.41, 5.74) is 3.83. The standard InChI is InChI=1S/C25H33N3O3S/c1-7-30-20-13-12-19(16-21(20)31-8-2)24(29)28(15-9-14-27(5)6)25-26-22-17(3)10-11-18(4)23(22)32-25/h10-13,16H,7-9,14-15H2,1-6H3. The van der Waals surface area contributed by atoms with Gasteiger partial charge in [-0.25, -0.2) is 4.98 Å². The minimum absolute atomic E-state index is 0.0814. The van der Waals surface area contributed by atoms with Gasteiger partial charge in [-0.1, -0.05) is 23.5 Å². The summed E-state index contributed by atoms with van der Waals surface area (Å²) in [5.74, 6) is 1.16. The number of benzene rings is 2. The first-order chi connectivity index (χ1) is 15.3. The molecule has 0 saturated carbocycles. The molecule has 0 saturated heterocycles. The molecule has 0 unspecified atom stereocenters. The third-order valence-corrected chi connectivity index (χ3v) is 6.40. The number of hydrogen-bond acceptors (Lipinski definition) is 6. The van der Waals surface area contributed by atoms with Gasteiger partial charge in [-0.15, -0.1) is 0 Å². The van der Waals surface area contributed by atoms with Gasteiger partial charge in [0.2, 0.25) is 0 Å². The molecule has 2 aromatic carbocycles. The first-order valence-corrected chi connectivity index (χ1v) is 11.9. The van der Waals surface area contributed by atoms with E-state index in [4.69, 9.17) is 14.5 Å². The number of carbonyl (C=O) groups excluding carboxylic acids is 1. The normalized spacial score (nSPS) is 11.2. The number of amides is 1. The van der Waals surface area contributed by atoms with Crippen molar-refractivity contribution in [1.29, 1.82) is 0 Å². The second-order valence-electron chi connectivity index (χ2n) is 8.01. The zero-order chi connectivity index (χ0) is 23.3. The van der Waals surface area contributed by atoms with Gasteiger partial charge in [0, 0.05) is 12.1 Å². The fraction of sp³-hybridized carbons (Fsp3) is 0.440. The number of carbonyl (C=O) groups is 1. The molecule has 1 heterocycles. The topological polar surface area (TPSA) is 54.9 Å². The summed E-state index contributed by atoms with van der Waals surface area (Å²) in [6.45, 7) is 10.5. The van der Waals surface area contributed by atoms with E-state index in [1.807, 2.05) is 34.0 Å². The maximum absolute atomic E-state index is 13.7. The van der Waals surface area contributed by atoms with Gasteiger partial charge in [0.05, 0.1) is 23.4 Å². The maximum Gasteiger partial charge on any atom is 0.260 e. The number of fused-ring (bicyclic) bond motifs is 1. The minimum atomic E-state index is -0.0814. The van der Waals surface area contributed by atoms with E-state index in [-0.39, 0.29) is 5.91 Å². The second kappa shape index (κ2) is 10.8. The molecule has 0 spiro atoms. The van der Waals surface area contributed by atoms with Crippen molar-refractivity contribution in [2.24, 2.45) is 0 Å². The summed E-state index contributed by atoms with van der Waals surface area (Å²) in [6, 6.07) is 9.59. The van der Waals surface area contributed by atoms with Crippen LogP contribution in [0.5, 0.6) is 11.5 Å². The molecule has 0 aliphatic heterocycles. The Morgan fingerprint density at radius 1 is 0.969 bits per heavy atom. The van der Waals surface area contributed by atoms with E-state index < -0.39 is 0 Å². The predicted molar refractivity (Wildman–Crippen MR) is 133 cm³/mol. The van der Waals surface area contributed by atoms with Crippen molar-refractivity contribution in [2.45, 2.75) is 34.1 Å². The van der Waals surface area contributed by atoms with Crippen LogP contribution in [0.2, 0.25) is 0 Å². The molecular weight excluding hydrogens is 422 g/mol. The van der Waals surface area contributed by atoms with E-state index in [1.54, 1.807) is 28.4 Å². The second-order valence-corrected chi connectivity index (χ2v) is 8.99. The largest absolute Gasteiger partial charge is 0.490 e. The zero-order valence-electron chi connectivity index (χ0n) is 19.9. The Hall–Kier alpha value is -2.64. The molecule has 7 heteroatoms. The van der Waals surface area contributed by atoms with E-state index in [9.17, 15) is 4.79 Å². The molecular formula is C25H33N3O3S. The van der Waals surface area contributed by atoms with Crippen LogP contribution in [0.4, 0.5) is 5.13 Å². The predicted octanol–water partition coefficient (Wildman–Crippen LogP) is 5.31. The summed E-state index contributed by atoms with van der Waals surface area (Å²) in [7, 11) is 4.08. The SMILES string of the molecule is CCOc1ccc(C(=O)N(CCCN(C)C)c2nc3c(C)ccc(C)c3s2)cc1OCC. The minimum Gasteiger partial charge on any atom is -0.490 e. The quantitative estimate of drug-likeness (QED) is 0.415. The van der Waals surface area contributed by atoms with Crippen molar-refractivity contribution in [3.8, 4) is 11.5 Å². The van der Waals surface area contributed by atoms with Crippen molar-refractivity contribution in [1.82, 2.24) is 9.88 Å². The lowest BCUT2D eigenvalue weighted by molar-refractivity contribution is 0.0985. The molecule has 3 aromatic rings. The van der Waals surface area contributed by atoms with Gasteiger partial charge >= 0.3 is 0 Å². The summed E-state index contributed by atoms with van der Waals surface area (Å²) < 4.78 is 12.5. The number of ether oxygens (including phenoxy) is 2. The van der Waals surface area contributed by atoms with E-state index in [1.165, 1.54) is 5.56 Å². The monoisotopic (exact) mass is 455 g/mol. The summed E-state index contributed by atoms with van der Waals surface area (Å²) in [5, 5.41) is 0.730. The molecule has 6 nitrogen and oxygen atoms in total. The van der Waals surface area contributed by atoms with Gasteiger partial charge < -0.3 is 14.4 Å². The van der Waals surface area contributed by atoms with Gasteiger partial charge in [-0.2, -0.15) is 0 Å². The molecule has 0 bridgehead atoms. The lowest BCUT2D eigenvalue weighted by Crippen LogP contribution is -2.33. The van der Waals surface area contributed by atoms with Crippen LogP contribution in [0.25, 0.3) is 10.2 Å². The summed E-state index contributed by atoms with van der Waals surface area (Å²) in [6.07, 6.45) is 0.849. The van der Waals surface area contributed by atoms with Crippen LogP contribution in [-0.4, -0.2) is 56.2 Å². The zero-order valence-corrected chi connectivity index (χ0v) is 20.7. The molecule has 1 amide bonds. The highest BCUT2D eigenvalue weighted by atomic mass is 32.1. The van der Waals surface area contributed by atoms with E-state index in [0.29, 0.717) is 36.8 Å². The Morgan fingerprint density at radius 3 is 2.31 bits per heavy atom. The molecule has 32 heavy (non-hydrogen) atoms. The van der Waals surface area contributed by atoms with Crippen molar-refractivity contribution in [3.63, 3.8) is 0 Å². The molecule has 3 rings (SSSR count). The number of anilines is 1. The molecule has 0 aliphatic carbocycles. The third kappa shape index (κ3) is 5.40. The Kier molecular flexibility index (Phi) is 8.10. The molecule has 0 aliphatic rings. The molecule has 172 valence electrons. The number of thiazole rings is 1. The van der Waals surface area contributed by atoms with Crippen molar-refractivity contribution in [3.05, 3.63) is 47.0 Å². The Bertz CT molecular complexity index is 1040. The molecule has 0 radical (unpaired) electrons. The van der Waals surface area contributed by atoms with E-state index >= 15 is 0 Å². The molecule has 0 atom stereocenters. The molecule has 0 N–H and O–H groups in total. The van der Waals surface area contributed by atoms with E-state index in [2.05, 4.69) is 30.9 Å². The highest BCUT2D eigenvalue weighted by Crippen LogP contribution is 2.35. The van der Waals surface area contributed by atoms with Crippen molar-refractivity contribution >= 4 is 32.6 Å². The van der Waals surface area contributed by atoms with Crippen LogP contribution < -0.4 is 14.4 Å². The fourth-order valence-corrected chi connectivity index (χ4v) is 4.67. The number of rotatable bonds is 10. The lowest BCUT2D eigenvalue weighted by atomic mass is 10.1. The van der Waals surface area contributed by atoms with Gasteiger partial charge in [0.25, 0.3) is 5.91 Å². The van der Waals surface area contributed by atoms with Crippen LogP contribution in [0.1, 0.15) is 41.8 Å². The van der Waals surface area contributed by atoms with E-state index in [0.717, 1.165) is 33.9 Å². The smallest absolute Gasteiger partial charge is 0.260 e. The number of aryl methyl sites for hydroxylation is 2. The van der Waals surface area contributed by atoms with Crippen molar-refractivity contribution < 1.29 is 14.3 Å². The average molecular weight is 456 g/mol. The Labute approximate surface area is 194 Å². The van der Waals surface area contributed by atoms with Gasteiger partial charge in [0.15, 0.2) is 16.6 Å². The third-order valence-electron chi connectivity index (χ3n) is 5.18. The lowest BCUT2D eigenvalue weighted by Gasteiger charge is -2.22. The maximum atomic E-state index is 13.7. The Balaban J connectivity index is 2.00. The van der Waals surface area contributed by atoms with Crippen molar-refractivity contribution in [2.75, 3.05) is 45.3 Å². The van der Waals surface area contributed by atoms with Crippen LogP contribution in [0, 0.1) is 13.8 Å². The Morgan fingerprint density at radius 2 is 1.66 bits per heavy atom. The van der Waals surface area contributed by atoms with Gasteiger partial charge in [-0.05, 0) is 84.1 Å². The van der Waals surface area contributed by atoms with Gasteiger partial charge in [-0.3, -0.25) is 9.69 Å². The number of nitrogens with zero attached hydrogens (tertiary/aromatic N) is 3. The van der Waals surface area contributed by atoms with Crippen LogP contribution in [0.3, 0.4) is 0 Å². The average Bonchev–Trinajstić information content (AvgIpc) is 3.21. The fourth-order valence-electron chi connectivity index (χ4n) is 3.53. The number of hydrogen-bond donors (Lipinski definition) is 0. The van der Waals surface area contributed by atoms with Crippen LogP contribution in [0.15, 0.2) is 30.3 Å². The summed E-state index contributed by atoms with van der Waals surface area (Å²) in [4.78, 5) is 22.5. The first kappa shape index (κ1) is 24.0. The highest BCUT2D eigenvalue weighted by Gasteiger charge is 2.23. The van der Waals surface area contributed by atoms with Crippen LogP contribution >= 0.6 is 11.3 Å². The summed E-state index contributed by atoms with van der Waals surface area (Å²) >= 11 is 1.58. The number of aromatic nitrogens is 1. The highest BCUT2D eigenvalue weighted by molar-refractivity contribution is 7.22.